The van der Waals surface area contributed by atoms with Crippen LogP contribution < -0.4 is 4.74 Å². The molecular weight excluding hydrogens is 372 g/mol. The van der Waals surface area contributed by atoms with Gasteiger partial charge in [0.1, 0.15) is 6.54 Å². The molecule has 0 atom stereocenters. The molecule has 0 aliphatic carbocycles. The molecule has 2 saturated heterocycles. The van der Waals surface area contributed by atoms with Crippen LogP contribution in [-0.2, 0) is 14.3 Å². The number of amides is 3. The average molecular weight is 392 g/mol. The molecule has 2 aliphatic heterocycles. The van der Waals surface area contributed by atoms with Crippen LogP contribution in [0.4, 0.5) is 4.79 Å². The number of morpholine rings is 1. The molecule has 0 aromatic heterocycles. The minimum atomic E-state index is -0.548. The van der Waals surface area contributed by atoms with Gasteiger partial charge in [0.25, 0.3) is 11.1 Å². The first-order valence-electron chi connectivity index (χ1n) is 8.57. The Hall–Kier alpha value is -2.52. The van der Waals surface area contributed by atoms with Gasteiger partial charge < -0.3 is 19.5 Å². The molecule has 0 unspecified atom stereocenters. The van der Waals surface area contributed by atoms with E-state index in [1.807, 2.05) is 0 Å². The minimum absolute atomic E-state index is 0.101. The normalized spacial score (nSPS) is 19.1. The fraction of sp³-hybridized carbons (Fsp3) is 0.389. The van der Waals surface area contributed by atoms with Crippen LogP contribution in [0.5, 0.6) is 11.5 Å². The van der Waals surface area contributed by atoms with Crippen molar-refractivity contribution in [2.45, 2.75) is 6.92 Å². The second-order valence-electron chi connectivity index (χ2n) is 5.89. The number of nitrogens with zero attached hydrogens (tertiary/aromatic N) is 2. The lowest BCUT2D eigenvalue weighted by Crippen LogP contribution is -2.46. The fourth-order valence-corrected chi connectivity index (χ4v) is 3.58. The average Bonchev–Trinajstić information content (AvgIpc) is 2.93. The summed E-state index contributed by atoms with van der Waals surface area (Å²) in [5.41, 5.74) is 0.367. The highest BCUT2D eigenvalue weighted by Gasteiger charge is 2.37. The van der Waals surface area contributed by atoms with Crippen molar-refractivity contribution in [3.05, 3.63) is 28.7 Å². The summed E-state index contributed by atoms with van der Waals surface area (Å²) in [5, 5.41) is 9.75. The van der Waals surface area contributed by atoms with Crippen molar-refractivity contribution >= 4 is 34.9 Å². The maximum Gasteiger partial charge on any atom is 0.294 e. The SMILES string of the molecule is CCOc1cccc(/C=C2\SC(=O)N(CC(=O)N3CCOCC3)C2=O)c1O. The number of hydrogen-bond acceptors (Lipinski definition) is 7. The van der Waals surface area contributed by atoms with E-state index in [1.54, 1.807) is 30.0 Å². The predicted octanol–water partition coefficient (Wildman–Crippen LogP) is 1.69. The van der Waals surface area contributed by atoms with Crippen molar-refractivity contribution in [1.29, 1.82) is 0 Å². The van der Waals surface area contributed by atoms with Crippen LogP contribution >= 0.6 is 11.8 Å². The Labute approximate surface area is 160 Å². The lowest BCUT2D eigenvalue weighted by molar-refractivity contribution is -0.139. The molecule has 0 radical (unpaired) electrons. The van der Waals surface area contributed by atoms with E-state index in [0.717, 1.165) is 16.7 Å². The number of phenolic OH excluding ortho intramolecular Hbond substituents is 1. The minimum Gasteiger partial charge on any atom is -0.504 e. The Kier molecular flexibility index (Phi) is 6.02. The molecule has 1 aromatic rings. The number of aromatic hydroxyl groups is 1. The van der Waals surface area contributed by atoms with Crippen LogP contribution in [0.3, 0.4) is 0 Å². The second kappa shape index (κ2) is 8.45. The molecule has 0 bridgehead atoms. The summed E-state index contributed by atoms with van der Waals surface area (Å²) in [6.07, 6.45) is 1.43. The summed E-state index contributed by atoms with van der Waals surface area (Å²) in [7, 11) is 0. The molecule has 1 N–H and O–H groups in total. The molecule has 144 valence electrons. The third kappa shape index (κ3) is 4.25. The van der Waals surface area contributed by atoms with Gasteiger partial charge in [0, 0.05) is 18.7 Å². The Morgan fingerprint density at radius 1 is 1.33 bits per heavy atom. The van der Waals surface area contributed by atoms with Crippen LogP contribution in [0.1, 0.15) is 12.5 Å². The first-order chi connectivity index (χ1) is 13.0. The maximum absolute atomic E-state index is 12.6. The van der Waals surface area contributed by atoms with Gasteiger partial charge in [-0.1, -0.05) is 12.1 Å². The quantitative estimate of drug-likeness (QED) is 0.762. The molecule has 2 fully saturated rings. The molecule has 0 spiro atoms. The summed E-state index contributed by atoms with van der Waals surface area (Å²) >= 11 is 0.744. The van der Waals surface area contributed by atoms with Gasteiger partial charge in [0.05, 0.1) is 24.7 Å². The van der Waals surface area contributed by atoms with Gasteiger partial charge in [-0.05, 0) is 30.8 Å². The van der Waals surface area contributed by atoms with Crippen molar-refractivity contribution < 1.29 is 29.0 Å². The van der Waals surface area contributed by atoms with Crippen molar-refractivity contribution in [2.24, 2.45) is 0 Å². The number of ether oxygens (including phenoxy) is 2. The summed E-state index contributed by atoms with van der Waals surface area (Å²) in [4.78, 5) is 39.7. The largest absolute Gasteiger partial charge is 0.504 e. The van der Waals surface area contributed by atoms with Crippen LogP contribution in [0.2, 0.25) is 0 Å². The molecule has 2 heterocycles. The smallest absolute Gasteiger partial charge is 0.294 e. The topological polar surface area (TPSA) is 96.4 Å². The predicted molar refractivity (Wildman–Crippen MR) is 99.4 cm³/mol. The zero-order valence-electron chi connectivity index (χ0n) is 14.8. The third-order valence-electron chi connectivity index (χ3n) is 4.15. The fourth-order valence-electron chi connectivity index (χ4n) is 2.75. The van der Waals surface area contributed by atoms with Gasteiger partial charge in [0.15, 0.2) is 11.5 Å². The molecule has 3 amide bonds. The first kappa shape index (κ1) is 19.2. The standard InChI is InChI=1S/C18H20N2O6S/c1-2-26-13-5-3-4-12(16(13)22)10-14-17(23)20(18(24)27-14)11-15(21)19-6-8-25-9-7-19/h3-5,10,22H,2,6-9,11H2,1H3/b14-10-. The zero-order valence-corrected chi connectivity index (χ0v) is 15.7. The Morgan fingerprint density at radius 3 is 2.78 bits per heavy atom. The van der Waals surface area contributed by atoms with E-state index in [1.165, 1.54) is 6.08 Å². The first-order valence-corrected chi connectivity index (χ1v) is 9.38. The highest BCUT2D eigenvalue weighted by molar-refractivity contribution is 8.18. The number of carbonyl (C=O) groups excluding carboxylic acids is 3. The van der Waals surface area contributed by atoms with Gasteiger partial charge in [-0.25, -0.2) is 0 Å². The Bertz CT molecular complexity index is 788. The van der Waals surface area contributed by atoms with Crippen LogP contribution in [-0.4, -0.2) is 71.4 Å². The van der Waals surface area contributed by atoms with Crippen LogP contribution in [0, 0.1) is 0 Å². The number of benzene rings is 1. The van der Waals surface area contributed by atoms with Gasteiger partial charge in [-0.2, -0.15) is 0 Å². The number of rotatable bonds is 5. The summed E-state index contributed by atoms with van der Waals surface area (Å²) in [6, 6.07) is 4.91. The second-order valence-corrected chi connectivity index (χ2v) is 6.88. The molecule has 0 saturated carbocycles. The van der Waals surface area contributed by atoms with Gasteiger partial charge in [-0.3, -0.25) is 19.3 Å². The molecule has 9 heteroatoms. The number of carbonyl (C=O) groups is 3. The number of hydrogen-bond donors (Lipinski definition) is 1. The van der Waals surface area contributed by atoms with Crippen LogP contribution in [0.25, 0.3) is 6.08 Å². The van der Waals surface area contributed by atoms with E-state index in [-0.39, 0.29) is 23.1 Å². The lowest BCUT2D eigenvalue weighted by Gasteiger charge is -2.28. The number of para-hydroxylation sites is 1. The highest BCUT2D eigenvalue weighted by Crippen LogP contribution is 2.36. The summed E-state index contributed by atoms with van der Waals surface area (Å²) in [6.45, 7) is 3.67. The van der Waals surface area contributed by atoms with E-state index in [9.17, 15) is 19.5 Å². The molecule has 1 aromatic carbocycles. The summed E-state index contributed by atoms with van der Waals surface area (Å²) in [5.74, 6) is -0.639. The molecule has 3 rings (SSSR count). The Balaban J connectivity index is 1.75. The third-order valence-corrected chi connectivity index (χ3v) is 5.05. The van der Waals surface area contributed by atoms with Crippen molar-refractivity contribution in [1.82, 2.24) is 9.80 Å². The van der Waals surface area contributed by atoms with Gasteiger partial charge >= 0.3 is 0 Å². The summed E-state index contributed by atoms with van der Waals surface area (Å²) < 4.78 is 10.5. The highest BCUT2D eigenvalue weighted by atomic mass is 32.2. The number of phenols is 1. The van der Waals surface area contributed by atoms with E-state index < -0.39 is 11.1 Å². The molecule has 27 heavy (non-hydrogen) atoms. The van der Waals surface area contributed by atoms with Crippen molar-refractivity contribution in [2.75, 3.05) is 39.5 Å². The van der Waals surface area contributed by atoms with E-state index in [4.69, 9.17) is 9.47 Å². The zero-order chi connectivity index (χ0) is 19.4. The molecular formula is C18H20N2O6S. The maximum atomic E-state index is 12.6. The van der Waals surface area contributed by atoms with Crippen molar-refractivity contribution in [3.8, 4) is 11.5 Å². The van der Waals surface area contributed by atoms with E-state index in [2.05, 4.69) is 0 Å². The van der Waals surface area contributed by atoms with Gasteiger partial charge in [-0.15, -0.1) is 0 Å². The number of thioether (sulfide) groups is 1. The lowest BCUT2D eigenvalue weighted by atomic mass is 10.1. The van der Waals surface area contributed by atoms with Crippen LogP contribution in [0.15, 0.2) is 23.1 Å². The molecule has 8 nitrogen and oxygen atoms in total. The Morgan fingerprint density at radius 2 is 2.07 bits per heavy atom. The van der Waals surface area contributed by atoms with Gasteiger partial charge in [0.2, 0.25) is 5.91 Å². The van der Waals surface area contributed by atoms with E-state index >= 15 is 0 Å². The number of imide groups is 1. The van der Waals surface area contributed by atoms with E-state index in [0.29, 0.717) is 44.2 Å². The van der Waals surface area contributed by atoms with Crippen molar-refractivity contribution in [3.63, 3.8) is 0 Å². The monoisotopic (exact) mass is 392 g/mol. The molecule has 2 aliphatic rings.